The normalized spacial score (nSPS) is 32.7. The van der Waals surface area contributed by atoms with E-state index in [0.717, 1.165) is 61.6 Å². The van der Waals surface area contributed by atoms with E-state index < -0.39 is 71.2 Å². The van der Waals surface area contributed by atoms with Gasteiger partial charge in [0.1, 0.15) is 40.7 Å². The fraction of sp³-hybridized carbons (Fsp3) is 0.609. The summed E-state index contributed by atoms with van der Waals surface area (Å²) in [5, 5.41) is 81.9. The summed E-state index contributed by atoms with van der Waals surface area (Å²) in [5.41, 5.74) is 3.01. The molecule has 446 valence electrons. The molecule has 83 heavy (non-hydrogen) atoms. The van der Waals surface area contributed by atoms with Crippen molar-refractivity contribution in [2.75, 3.05) is 32.6 Å². The topological polar surface area (TPSA) is 224 Å². The Morgan fingerprint density at radius 2 is 1.66 bits per heavy atom. The van der Waals surface area contributed by atoms with E-state index in [1.165, 1.54) is 7.11 Å². The van der Waals surface area contributed by atoms with E-state index in [9.17, 15) is 40.2 Å². The molecule has 0 amide bonds. The van der Waals surface area contributed by atoms with Gasteiger partial charge in [-0.2, -0.15) is 0 Å². The lowest BCUT2D eigenvalue weighted by atomic mass is 9.49. The van der Waals surface area contributed by atoms with Crippen LogP contribution in [0, 0.1) is 47.3 Å². The van der Waals surface area contributed by atoms with Gasteiger partial charge in [0, 0.05) is 73.2 Å². The Bertz CT molecular complexity index is 3060. The van der Waals surface area contributed by atoms with Crippen molar-refractivity contribution in [1.29, 1.82) is 0 Å². The number of hydrogen-bond donors (Lipinski definition) is 8. The van der Waals surface area contributed by atoms with Crippen molar-refractivity contribution in [2.45, 2.75) is 202 Å². The first-order chi connectivity index (χ1) is 39.8. The van der Waals surface area contributed by atoms with Crippen molar-refractivity contribution in [2.24, 2.45) is 35.5 Å². The highest BCUT2D eigenvalue weighted by Crippen LogP contribution is 2.59. The van der Waals surface area contributed by atoms with Gasteiger partial charge >= 0.3 is 11.9 Å². The van der Waals surface area contributed by atoms with Gasteiger partial charge < -0.3 is 55.5 Å². The zero-order valence-corrected chi connectivity index (χ0v) is 49.2. The number of esters is 2. The van der Waals surface area contributed by atoms with Gasteiger partial charge in [-0.25, -0.2) is 4.79 Å². The van der Waals surface area contributed by atoms with Crippen LogP contribution in [0.5, 0.6) is 11.5 Å². The summed E-state index contributed by atoms with van der Waals surface area (Å²) in [4.78, 5) is 44.5. The van der Waals surface area contributed by atoms with Crippen LogP contribution in [-0.2, 0) is 43.1 Å². The Morgan fingerprint density at radius 3 is 2.42 bits per heavy atom. The van der Waals surface area contributed by atoms with Gasteiger partial charge in [0.2, 0.25) is 0 Å². The van der Waals surface area contributed by atoms with Crippen LogP contribution in [0.4, 0.5) is 5.69 Å². The number of Topliss-reactive ketones (excluding diaryl/α,β-unsaturated/α-hetero) is 1. The Morgan fingerprint density at radius 1 is 0.892 bits per heavy atom. The maximum atomic E-state index is 16.0. The maximum absolute atomic E-state index is 16.0. The number of anilines is 1. The minimum atomic E-state index is -1.68. The second-order valence-electron chi connectivity index (χ2n) is 26.7. The average Bonchev–Trinajstić information content (AvgIpc) is 2.22. The monoisotopic (exact) mass is 1140 g/mol. The van der Waals surface area contributed by atoms with E-state index in [-0.39, 0.29) is 98.0 Å². The van der Waals surface area contributed by atoms with Crippen LogP contribution in [0.1, 0.15) is 191 Å². The summed E-state index contributed by atoms with van der Waals surface area (Å²) in [6.07, 6.45) is 11.1. The molecule has 3 aromatic rings. The standard InChI is InChI=1S/C69H88N2O12/c1-38(2)18-19-45-32-57(70-4)65(77)53-30-46(33-56(62(45)53)71-37-68(3,79)59(74)36-81-5)42-20-21-43-35-61(75)83-66-50(43)31-47(64(76)63(66)41-14-7-6-8-15-41)34-60-69(80)54-17-10-9-16-44(54)29-51-52(58(73)23-22-55(51)69)26-40-13-11-12-39(24-40)25-49(72)28-48(27-42)67(78)82-60/h9,11-13,16,24,28,30-31,33,38,41-45,49,51-52,54-55,57,59-60,65,70-72,74,76-77,79-80H,6-8,10,14-15,17-19,22-23,25-27,29,32,34-37H2,1-5H3. The van der Waals surface area contributed by atoms with Gasteiger partial charge in [-0.15, -0.1) is 0 Å². The number of ether oxygens (including phenoxy) is 3. The van der Waals surface area contributed by atoms with Crippen molar-refractivity contribution in [3.8, 4) is 23.3 Å². The fourth-order valence-electron chi connectivity index (χ4n) is 16.4. The SMILES string of the molecule is CNC1CC(CCC(C)C)c2c(NCC(C)(O)C(O)COC)cc(C3C#CC4CC(=O)Oc5c4cc(c(O)c5C4CCCCC4)CC4OC(=O)C(=CC(O)Cc5cccc(c5)CC5C(=O)CCC6C5CC5C=CCCC5C46O)C3)cc2C1O. The smallest absolute Gasteiger partial charge is 0.334 e. The van der Waals surface area contributed by atoms with Crippen molar-refractivity contribution in [3.05, 3.63) is 111 Å². The Kier molecular flexibility index (Phi) is 17.6. The largest absolute Gasteiger partial charge is 0.507 e. The number of allylic oxidation sites excluding steroid dienone is 2. The number of fused-ring (bicyclic) bond motifs is 10. The molecule has 3 aromatic carbocycles. The van der Waals surface area contributed by atoms with Crippen LogP contribution < -0.4 is 15.4 Å². The number of rotatable bonds is 12. The summed E-state index contributed by atoms with van der Waals surface area (Å²) in [7, 11) is 3.31. The number of carbonyl (C=O) groups excluding carboxylic acids is 3. The molecule has 10 bridgehead atoms. The van der Waals surface area contributed by atoms with Crippen LogP contribution in [0.3, 0.4) is 0 Å². The summed E-state index contributed by atoms with van der Waals surface area (Å²) >= 11 is 0. The number of aliphatic hydroxyl groups excluding tert-OH is 3. The predicted molar refractivity (Wildman–Crippen MR) is 316 cm³/mol. The van der Waals surface area contributed by atoms with E-state index in [1.807, 2.05) is 49.5 Å². The molecule has 0 spiro atoms. The van der Waals surface area contributed by atoms with Crippen LogP contribution >= 0.6 is 0 Å². The molecule has 11 rings (SSSR count). The van der Waals surface area contributed by atoms with Crippen LogP contribution in [0.25, 0.3) is 0 Å². The van der Waals surface area contributed by atoms with Crippen LogP contribution in [-0.4, -0.2) is 111 Å². The Hall–Kier alpha value is -5.37. The number of carbonyl (C=O) groups is 3. The Labute approximate surface area is 489 Å². The third-order valence-corrected chi connectivity index (χ3v) is 20.8. The molecule has 14 heteroatoms. The van der Waals surface area contributed by atoms with Crippen LogP contribution in [0.2, 0.25) is 0 Å². The number of ketones is 1. The number of benzene rings is 3. The van der Waals surface area contributed by atoms with E-state index >= 15 is 4.79 Å². The number of nitrogens with one attached hydrogen (secondary N) is 2. The van der Waals surface area contributed by atoms with Crippen molar-refractivity contribution in [1.82, 2.24) is 5.32 Å². The van der Waals surface area contributed by atoms with E-state index in [0.29, 0.717) is 83.7 Å². The second kappa shape index (κ2) is 24.5. The second-order valence-corrected chi connectivity index (χ2v) is 26.7. The van der Waals surface area contributed by atoms with Crippen molar-refractivity contribution >= 4 is 23.4 Å². The van der Waals surface area contributed by atoms with Crippen LogP contribution in [0.15, 0.2) is 66.3 Å². The lowest BCUT2D eigenvalue weighted by Gasteiger charge is -2.58. The molecule has 8 aliphatic rings. The molecule has 3 fully saturated rings. The van der Waals surface area contributed by atoms with Gasteiger partial charge in [-0.3, -0.25) is 9.59 Å². The number of likely N-dealkylation sites (N-methyl/N-ethyl adjacent to an activating group) is 1. The third kappa shape index (κ3) is 11.9. The Balaban J connectivity index is 1.15. The first kappa shape index (κ1) is 59.4. The molecule has 14 nitrogen and oxygen atoms in total. The fourth-order valence-corrected chi connectivity index (χ4v) is 16.4. The highest BCUT2D eigenvalue weighted by atomic mass is 16.6. The molecule has 0 radical (unpaired) electrons. The molecule has 3 heterocycles. The quantitative estimate of drug-likeness (QED) is 0.0367. The number of hydrogen-bond acceptors (Lipinski definition) is 14. The summed E-state index contributed by atoms with van der Waals surface area (Å²) in [6, 6.07) is 13.4. The summed E-state index contributed by atoms with van der Waals surface area (Å²) < 4.78 is 18.6. The zero-order valence-electron chi connectivity index (χ0n) is 49.2. The molecule has 8 N–H and O–H groups in total. The maximum Gasteiger partial charge on any atom is 0.334 e. The molecule has 5 aliphatic carbocycles. The van der Waals surface area contributed by atoms with Crippen molar-refractivity contribution in [3.63, 3.8) is 0 Å². The van der Waals surface area contributed by atoms with Gasteiger partial charge in [0.15, 0.2) is 0 Å². The lowest BCUT2D eigenvalue weighted by molar-refractivity contribution is -0.221. The van der Waals surface area contributed by atoms with Gasteiger partial charge in [0.05, 0.1) is 31.2 Å². The predicted octanol–water partition coefficient (Wildman–Crippen LogP) is 9.21. The number of aromatic hydroxyl groups is 1. The van der Waals surface area contributed by atoms with E-state index in [4.69, 9.17) is 14.2 Å². The number of phenols is 1. The minimum absolute atomic E-state index is 0.0208. The number of phenolic OH excluding ortho intramolecular Hbond substituents is 1. The molecular formula is C69H88N2O12. The van der Waals surface area contributed by atoms with E-state index in [1.54, 1.807) is 13.0 Å². The molecule has 15 unspecified atom stereocenters. The zero-order chi connectivity index (χ0) is 58.5. The summed E-state index contributed by atoms with van der Waals surface area (Å²) in [5.74, 6) is 3.41. The van der Waals surface area contributed by atoms with Gasteiger partial charge in [0.25, 0.3) is 0 Å². The highest BCUT2D eigenvalue weighted by Gasteiger charge is 2.62. The molecule has 0 saturated heterocycles. The number of methoxy groups -OCH3 is 1. The van der Waals surface area contributed by atoms with Gasteiger partial charge in [-0.05, 0) is 171 Å². The minimum Gasteiger partial charge on any atom is -0.507 e. The van der Waals surface area contributed by atoms with Crippen molar-refractivity contribution < 1.29 is 59.2 Å². The summed E-state index contributed by atoms with van der Waals surface area (Å²) in [6.45, 7) is 5.73. The first-order valence-corrected chi connectivity index (χ1v) is 31.2. The molecule has 3 saturated carbocycles. The highest BCUT2D eigenvalue weighted by molar-refractivity contribution is 5.89. The lowest BCUT2D eigenvalue weighted by Crippen LogP contribution is -2.65. The number of aliphatic hydroxyl groups is 5. The molecule has 3 aliphatic heterocycles. The van der Waals surface area contributed by atoms with E-state index in [2.05, 4.69) is 48.5 Å². The molecular weight excluding hydrogens is 1050 g/mol. The third-order valence-electron chi connectivity index (χ3n) is 20.8. The first-order valence-electron chi connectivity index (χ1n) is 31.2. The molecule has 15 atom stereocenters. The van der Waals surface area contributed by atoms with Gasteiger partial charge in [-0.1, -0.05) is 93.9 Å². The average molecular weight is 1140 g/mol. The molecule has 0 aromatic heterocycles.